The molecule has 28 heavy (non-hydrogen) atoms. The smallest absolute Gasteiger partial charge is 0.258 e. The summed E-state index contributed by atoms with van der Waals surface area (Å²) >= 11 is 7.78. The van der Waals surface area contributed by atoms with Crippen LogP contribution in [0.1, 0.15) is 36.1 Å². The van der Waals surface area contributed by atoms with Crippen LogP contribution in [0.15, 0.2) is 47.3 Å². The number of piperidine rings is 1. The van der Waals surface area contributed by atoms with Gasteiger partial charge in [0.1, 0.15) is 10.8 Å². The first-order chi connectivity index (χ1) is 13.7. The van der Waals surface area contributed by atoms with Crippen molar-refractivity contribution in [3.05, 3.63) is 68.7 Å². The molecule has 142 valence electrons. The minimum absolute atomic E-state index is 0.143. The van der Waals surface area contributed by atoms with E-state index in [9.17, 15) is 4.79 Å². The first kappa shape index (κ1) is 17.8. The molecule has 1 saturated heterocycles. The highest BCUT2D eigenvalue weighted by Gasteiger charge is 2.27. The Kier molecular flexibility index (Phi) is 4.62. The largest absolute Gasteiger partial charge is 0.309 e. The molecular formula is C21H19ClN4OS. The van der Waals surface area contributed by atoms with Crippen molar-refractivity contribution in [1.82, 2.24) is 19.9 Å². The molecule has 2 aromatic heterocycles. The number of aromatic amines is 1. The molecule has 1 atom stereocenters. The summed E-state index contributed by atoms with van der Waals surface area (Å²) < 4.78 is 1.22. The van der Waals surface area contributed by atoms with Crippen LogP contribution in [0.3, 0.4) is 0 Å². The Hall–Kier alpha value is -2.28. The lowest BCUT2D eigenvalue weighted by atomic mass is 10.0. The lowest BCUT2D eigenvalue weighted by Crippen LogP contribution is -2.34. The summed E-state index contributed by atoms with van der Waals surface area (Å²) in [5.41, 5.74) is 1.59. The zero-order chi connectivity index (χ0) is 19.1. The summed E-state index contributed by atoms with van der Waals surface area (Å²) in [6.45, 7) is 1.58. The van der Waals surface area contributed by atoms with E-state index in [1.54, 1.807) is 29.5 Å². The Balaban J connectivity index is 1.48. The number of thiazole rings is 1. The monoisotopic (exact) mass is 410 g/mol. The summed E-state index contributed by atoms with van der Waals surface area (Å²) in [6.07, 6.45) is 3.42. The average molecular weight is 411 g/mol. The molecular weight excluding hydrogens is 392 g/mol. The van der Waals surface area contributed by atoms with E-state index in [1.165, 1.54) is 11.1 Å². The van der Waals surface area contributed by atoms with E-state index in [1.807, 2.05) is 6.07 Å². The van der Waals surface area contributed by atoms with Crippen LogP contribution in [0.25, 0.3) is 21.1 Å². The molecule has 3 heterocycles. The van der Waals surface area contributed by atoms with Gasteiger partial charge < -0.3 is 4.98 Å². The van der Waals surface area contributed by atoms with Crippen molar-refractivity contribution in [1.29, 1.82) is 0 Å². The van der Waals surface area contributed by atoms with Crippen molar-refractivity contribution < 1.29 is 0 Å². The van der Waals surface area contributed by atoms with Crippen LogP contribution < -0.4 is 5.56 Å². The zero-order valence-electron chi connectivity index (χ0n) is 15.2. The van der Waals surface area contributed by atoms with Gasteiger partial charge in [0.05, 0.1) is 33.7 Å². The first-order valence-corrected chi connectivity index (χ1v) is 10.6. The van der Waals surface area contributed by atoms with Gasteiger partial charge in [-0.05, 0) is 49.7 Å². The molecule has 0 bridgehead atoms. The fraction of sp³-hybridized carbons (Fsp3) is 0.286. The molecule has 1 aliphatic rings. The number of likely N-dealkylation sites (tertiary alicyclic amines) is 1. The standard InChI is InChI=1S/C21H19ClN4OS/c22-13-8-9-15-14(11-13)20(27)25-19(23-15)12-26-10-4-3-6-17(26)21-24-16-5-1-2-7-18(16)28-21/h1-2,5,7-9,11,17H,3-4,6,10,12H2,(H,23,25,27). The number of benzene rings is 2. The van der Waals surface area contributed by atoms with Crippen LogP contribution in [-0.2, 0) is 6.54 Å². The average Bonchev–Trinajstić information content (AvgIpc) is 3.13. The number of aromatic nitrogens is 3. The highest BCUT2D eigenvalue weighted by Crippen LogP contribution is 2.36. The van der Waals surface area contributed by atoms with Gasteiger partial charge in [0.2, 0.25) is 0 Å². The summed E-state index contributed by atoms with van der Waals surface area (Å²) in [5.74, 6) is 0.688. The molecule has 0 saturated carbocycles. The summed E-state index contributed by atoms with van der Waals surface area (Å²) in [6, 6.07) is 13.8. The molecule has 0 amide bonds. The van der Waals surface area contributed by atoms with Crippen molar-refractivity contribution in [2.45, 2.75) is 31.8 Å². The van der Waals surface area contributed by atoms with E-state index in [0.717, 1.165) is 29.9 Å². The van der Waals surface area contributed by atoms with E-state index in [-0.39, 0.29) is 11.6 Å². The number of nitrogens with zero attached hydrogens (tertiary/aromatic N) is 3. The molecule has 1 aliphatic heterocycles. The summed E-state index contributed by atoms with van der Waals surface area (Å²) in [4.78, 5) is 27.4. The third-order valence-corrected chi connectivity index (χ3v) is 6.65. The number of nitrogens with one attached hydrogen (secondary N) is 1. The maximum Gasteiger partial charge on any atom is 0.258 e. The Morgan fingerprint density at radius 2 is 2.04 bits per heavy atom. The van der Waals surface area contributed by atoms with Crippen molar-refractivity contribution >= 4 is 44.1 Å². The number of hydrogen-bond acceptors (Lipinski definition) is 5. The predicted octanol–water partition coefficient (Wildman–Crippen LogP) is 4.91. The van der Waals surface area contributed by atoms with Crippen molar-refractivity contribution in [2.75, 3.05) is 6.54 Å². The zero-order valence-corrected chi connectivity index (χ0v) is 16.8. The van der Waals surface area contributed by atoms with Gasteiger partial charge in [-0.15, -0.1) is 11.3 Å². The van der Waals surface area contributed by atoms with Crippen LogP contribution in [0.5, 0.6) is 0 Å². The Morgan fingerprint density at radius 1 is 1.14 bits per heavy atom. The number of hydrogen-bond donors (Lipinski definition) is 1. The topological polar surface area (TPSA) is 61.9 Å². The maximum absolute atomic E-state index is 12.5. The molecule has 1 N–H and O–H groups in total. The van der Waals surface area contributed by atoms with E-state index in [0.29, 0.717) is 28.3 Å². The second-order valence-electron chi connectivity index (χ2n) is 7.18. The van der Waals surface area contributed by atoms with E-state index < -0.39 is 0 Å². The van der Waals surface area contributed by atoms with Gasteiger partial charge in [-0.1, -0.05) is 30.2 Å². The predicted molar refractivity (Wildman–Crippen MR) is 114 cm³/mol. The SMILES string of the molecule is O=c1[nH]c(CN2CCCCC2c2nc3ccccc3s2)nc2ccc(Cl)cc12. The molecule has 1 fully saturated rings. The fourth-order valence-corrected chi connectivity index (χ4v) is 5.23. The minimum atomic E-state index is -0.143. The van der Waals surface area contributed by atoms with Crippen LogP contribution in [0, 0.1) is 0 Å². The third kappa shape index (κ3) is 3.32. The van der Waals surface area contributed by atoms with Gasteiger partial charge in [-0.2, -0.15) is 0 Å². The van der Waals surface area contributed by atoms with Gasteiger partial charge in [-0.3, -0.25) is 9.69 Å². The minimum Gasteiger partial charge on any atom is -0.309 e. The fourth-order valence-electron chi connectivity index (χ4n) is 3.92. The Morgan fingerprint density at radius 3 is 2.93 bits per heavy atom. The number of para-hydroxylation sites is 1. The number of rotatable bonds is 3. The molecule has 0 radical (unpaired) electrons. The molecule has 4 aromatic rings. The van der Waals surface area contributed by atoms with Crippen LogP contribution in [0.4, 0.5) is 0 Å². The molecule has 2 aromatic carbocycles. The number of fused-ring (bicyclic) bond motifs is 2. The second-order valence-corrected chi connectivity index (χ2v) is 8.67. The normalized spacial score (nSPS) is 18.1. The van der Waals surface area contributed by atoms with Crippen molar-refractivity contribution in [3.63, 3.8) is 0 Å². The summed E-state index contributed by atoms with van der Waals surface area (Å²) in [7, 11) is 0. The van der Waals surface area contributed by atoms with Gasteiger partial charge in [-0.25, -0.2) is 9.97 Å². The molecule has 7 heteroatoms. The maximum atomic E-state index is 12.5. The quantitative estimate of drug-likeness (QED) is 0.521. The third-order valence-electron chi connectivity index (χ3n) is 5.28. The van der Waals surface area contributed by atoms with Gasteiger partial charge in [0, 0.05) is 5.02 Å². The highest BCUT2D eigenvalue weighted by molar-refractivity contribution is 7.18. The lowest BCUT2D eigenvalue weighted by Gasteiger charge is -2.34. The summed E-state index contributed by atoms with van der Waals surface area (Å²) in [5, 5.41) is 2.22. The lowest BCUT2D eigenvalue weighted by molar-refractivity contribution is 0.137. The Labute approximate surface area is 171 Å². The molecule has 5 nitrogen and oxygen atoms in total. The molecule has 1 unspecified atom stereocenters. The van der Waals surface area contributed by atoms with E-state index in [4.69, 9.17) is 16.6 Å². The molecule has 0 spiro atoms. The molecule has 0 aliphatic carbocycles. The van der Waals surface area contributed by atoms with E-state index in [2.05, 4.69) is 33.1 Å². The van der Waals surface area contributed by atoms with Crippen LogP contribution in [0.2, 0.25) is 5.02 Å². The van der Waals surface area contributed by atoms with Crippen molar-refractivity contribution in [3.8, 4) is 0 Å². The van der Waals surface area contributed by atoms with Crippen LogP contribution >= 0.6 is 22.9 Å². The van der Waals surface area contributed by atoms with Crippen molar-refractivity contribution in [2.24, 2.45) is 0 Å². The number of H-pyrrole nitrogens is 1. The van der Waals surface area contributed by atoms with Crippen LogP contribution in [-0.4, -0.2) is 26.4 Å². The number of halogens is 1. The second kappa shape index (κ2) is 7.28. The highest BCUT2D eigenvalue weighted by atomic mass is 35.5. The van der Waals surface area contributed by atoms with E-state index >= 15 is 0 Å². The van der Waals surface area contributed by atoms with Gasteiger partial charge in [0.25, 0.3) is 5.56 Å². The van der Waals surface area contributed by atoms with Gasteiger partial charge >= 0.3 is 0 Å². The Bertz CT molecular complexity index is 1180. The first-order valence-electron chi connectivity index (χ1n) is 9.45. The van der Waals surface area contributed by atoms with Gasteiger partial charge in [0.15, 0.2) is 0 Å². The molecule has 5 rings (SSSR count).